The van der Waals surface area contributed by atoms with Gasteiger partial charge in [0, 0.05) is 17.8 Å². The van der Waals surface area contributed by atoms with E-state index in [-0.39, 0.29) is 24.3 Å². The van der Waals surface area contributed by atoms with Crippen molar-refractivity contribution in [2.24, 2.45) is 0 Å². The molecule has 1 aromatic heterocycles. The zero-order valence-corrected chi connectivity index (χ0v) is 20.8. The number of amides is 2. The molecule has 3 aromatic rings. The van der Waals surface area contributed by atoms with Crippen molar-refractivity contribution in [2.75, 3.05) is 18.1 Å². The molecule has 6 nitrogen and oxygen atoms in total. The van der Waals surface area contributed by atoms with Crippen molar-refractivity contribution in [3.63, 3.8) is 0 Å². The zero-order valence-electron chi connectivity index (χ0n) is 20.0. The molecule has 2 aromatic carbocycles. The Morgan fingerprint density at radius 2 is 1.75 bits per heavy atom. The van der Waals surface area contributed by atoms with Crippen LogP contribution in [-0.4, -0.2) is 31.1 Å². The molecule has 2 aliphatic rings. The third-order valence-corrected chi connectivity index (χ3v) is 7.38. The highest BCUT2D eigenvalue weighted by atomic mass is 32.1. The lowest BCUT2D eigenvalue weighted by molar-refractivity contribution is -0.127. The van der Waals surface area contributed by atoms with E-state index in [4.69, 9.17) is 9.47 Å². The summed E-state index contributed by atoms with van der Waals surface area (Å²) in [5.74, 6) is 0.207. The van der Waals surface area contributed by atoms with Gasteiger partial charge in [-0.1, -0.05) is 31.4 Å². The molecule has 0 spiro atoms. The van der Waals surface area contributed by atoms with Crippen molar-refractivity contribution in [1.82, 2.24) is 5.32 Å². The lowest BCUT2D eigenvalue weighted by Gasteiger charge is -2.34. The Bertz CT molecular complexity index is 1190. The van der Waals surface area contributed by atoms with Crippen LogP contribution in [0.1, 0.15) is 49.3 Å². The Balaban J connectivity index is 1.56. The summed E-state index contributed by atoms with van der Waals surface area (Å²) in [6.45, 7) is 0.859. The first kappa shape index (κ1) is 24.3. The van der Waals surface area contributed by atoms with Crippen LogP contribution in [0.15, 0.2) is 59.3 Å². The zero-order chi connectivity index (χ0) is 24.9. The van der Waals surface area contributed by atoms with Gasteiger partial charge < -0.3 is 14.8 Å². The number of carbonyl (C=O) groups is 2. The van der Waals surface area contributed by atoms with Gasteiger partial charge in [-0.25, -0.2) is 4.39 Å². The van der Waals surface area contributed by atoms with Crippen molar-refractivity contribution >= 4 is 28.8 Å². The van der Waals surface area contributed by atoms with E-state index in [9.17, 15) is 14.0 Å². The van der Waals surface area contributed by atoms with Crippen molar-refractivity contribution in [1.29, 1.82) is 0 Å². The van der Waals surface area contributed by atoms with Gasteiger partial charge in [0.1, 0.15) is 25.1 Å². The van der Waals surface area contributed by atoms with Crippen LogP contribution in [0.4, 0.5) is 10.1 Å². The largest absolute Gasteiger partial charge is 0.486 e. The number of fused-ring (bicyclic) bond motifs is 1. The van der Waals surface area contributed by atoms with Crippen molar-refractivity contribution in [3.8, 4) is 11.5 Å². The first-order valence-electron chi connectivity index (χ1n) is 12.4. The van der Waals surface area contributed by atoms with E-state index in [1.54, 1.807) is 30.3 Å². The summed E-state index contributed by atoms with van der Waals surface area (Å²) >= 11 is 1.52. The lowest BCUT2D eigenvalue weighted by Crippen LogP contribution is -2.47. The van der Waals surface area contributed by atoms with Gasteiger partial charge in [0.05, 0.1) is 6.42 Å². The maximum atomic E-state index is 13.9. The van der Waals surface area contributed by atoms with Gasteiger partial charge in [-0.2, -0.15) is 11.3 Å². The molecule has 1 aliphatic carbocycles. The predicted molar refractivity (Wildman–Crippen MR) is 137 cm³/mol. The molecule has 2 amide bonds. The third-order valence-electron chi connectivity index (χ3n) is 6.65. The molecule has 1 aliphatic heterocycles. The fourth-order valence-electron chi connectivity index (χ4n) is 4.86. The van der Waals surface area contributed by atoms with Crippen molar-refractivity contribution < 1.29 is 23.5 Å². The second-order valence-electron chi connectivity index (χ2n) is 9.20. The molecule has 188 valence electrons. The summed E-state index contributed by atoms with van der Waals surface area (Å²) in [5.41, 5.74) is 1.93. The number of hydrogen-bond acceptors (Lipinski definition) is 5. The predicted octanol–water partition coefficient (Wildman–Crippen LogP) is 5.42. The Kier molecular flexibility index (Phi) is 7.51. The molecule has 0 radical (unpaired) electrons. The summed E-state index contributed by atoms with van der Waals surface area (Å²) in [7, 11) is 0. The van der Waals surface area contributed by atoms with E-state index >= 15 is 0 Å². The Labute approximate surface area is 214 Å². The molecular weight excluding hydrogens is 479 g/mol. The number of nitrogens with zero attached hydrogens (tertiary/aromatic N) is 1. The van der Waals surface area contributed by atoms with Crippen LogP contribution >= 0.6 is 11.3 Å². The average molecular weight is 509 g/mol. The van der Waals surface area contributed by atoms with Crippen LogP contribution in [0.5, 0.6) is 11.5 Å². The minimum atomic E-state index is -0.971. The maximum absolute atomic E-state index is 13.9. The molecule has 1 atom stereocenters. The van der Waals surface area contributed by atoms with Crippen molar-refractivity contribution in [2.45, 2.75) is 50.6 Å². The van der Waals surface area contributed by atoms with E-state index < -0.39 is 11.9 Å². The second-order valence-corrected chi connectivity index (χ2v) is 9.98. The standard InChI is InChI=1S/C28H29FN2O4S/c29-21-8-6-20(7-9-21)27(28(33)30-22-4-2-1-3-5-22)31(26(32)16-19-12-15-36-18-19)23-10-11-24-25(17-23)35-14-13-34-24/h6-12,15,17-18,22,27H,1-5,13-14,16H2,(H,30,33)/t27-/m0/s1. The number of thiophene rings is 1. The fraction of sp³-hybridized carbons (Fsp3) is 0.357. The van der Waals surface area contributed by atoms with E-state index in [1.807, 2.05) is 16.8 Å². The van der Waals surface area contributed by atoms with Crippen LogP contribution in [0.3, 0.4) is 0 Å². The molecular formula is C28H29FN2O4S. The molecule has 2 heterocycles. The first-order chi connectivity index (χ1) is 17.6. The van der Waals surface area contributed by atoms with Gasteiger partial charge in [-0.15, -0.1) is 0 Å². The average Bonchev–Trinajstić information content (AvgIpc) is 3.41. The maximum Gasteiger partial charge on any atom is 0.248 e. The minimum Gasteiger partial charge on any atom is -0.486 e. The number of halogens is 1. The number of rotatable bonds is 7. The number of nitrogens with one attached hydrogen (secondary N) is 1. The van der Waals surface area contributed by atoms with Gasteiger partial charge in [0.2, 0.25) is 11.8 Å². The molecule has 1 saturated carbocycles. The van der Waals surface area contributed by atoms with Gasteiger partial charge in [-0.05, 0) is 65.1 Å². The van der Waals surface area contributed by atoms with Gasteiger partial charge >= 0.3 is 0 Å². The summed E-state index contributed by atoms with van der Waals surface area (Å²) in [6.07, 6.45) is 5.25. The van der Waals surface area contributed by atoms with Crippen LogP contribution in [0, 0.1) is 5.82 Å². The summed E-state index contributed by atoms with van der Waals surface area (Å²) in [6, 6.07) is 12.0. The summed E-state index contributed by atoms with van der Waals surface area (Å²) < 4.78 is 25.3. The van der Waals surface area contributed by atoms with Gasteiger partial charge in [-0.3, -0.25) is 14.5 Å². The summed E-state index contributed by atoms with van der Waals surface area (Å²) in [5, 5.41) is 7.02. The monoisotopic (exact) mass is 508 g/mol. The van der Waals surface area contributed by atoms with Crippen LogP contribution < -0.4 is 19.7 Å². The number of benzene rings is 2. The SMILES string of the molecule is O=C(NC1CCCCC1)[C@H](c1ccc(F)cc1)N(C(=O)Cc1ccsc1)c1ccc2c(c1)OCCO2. The Hall–Kier alpha value is -3.39. The lowest BCUT2D eigenvalue weighted by atomic mass is 9.94. The highest BCUT2D eigenvalue weighted by molar-refractivity contribution is 7.08. The number of hydrogen-bond donors (Lipinski definition) is 1. The highest BCUT2D eigenvalue weighted by Gasteiger charge is 2.35. The third kappa shape index (κ3) is 5.54. The molecule has 1 fully saturated rings. The molecule has 0 saturated heterocycles. The van der Waals surface area contributed by atoms with Crippen LogP contribution in [0.2, 0.25) is 0 Å². The van der Waals surface area contributed by atoms with Crippen LogP contribution in [0.25, 0.3) is 0 Å². The molecule has 0 unspecified atom stereocenters. The Morgan fingerprint density at radius 3 is 2.47 bits per heavy atom. The van der Waals surface area contributed by atoms with E-state index in [0.717, 1.165) is 37.7 Å². The molecule has 0 bridgehead atoms. The summed E-state index contributed by atoms with van der Waals surface area (Å²) in [4.78, 5) is 29.2. The topological polar surface area (TPSA) is 67.9 Å². The fourth-order valence-corrected chi connectivity index (χ4v) is 5.53. The number of anilines is 1. The van der Waals surface area contributed by atoms with Gasteiger partial charge in [0.15, 0.2) is 11.5 Å². The van der Waals surface area contributed by atoms with E-state index in [0.29, 0.717) is 36.0 Å². The Morgan fingerprint density at radius 1 is 1.00 bits per heavy atom. The molecule has 1 N–H and O–H groups in total. The quantitative estimate of drug-likeness (QED) is 0.463. The molecule has 8 heteroatoms. The van der Waals surface area contributed by atoms with E-state index in [2.05, 4.69) is 5.32 Å². The highest BCUT2D eigenvalue weighted by Crippen LogP contribution is 2.37. The molecule has 5 rings (SSSR count). The molecule has 36 heavy (non-hydrogen) atoms. The van der Waals surface area contributed by atoms with Crippen LogP contribution in [-0.2, 0) is 16.0 Å². The normalized spacial score (nSPS) is 16.2. The number of carbonyl (C=O) groups excluding carboxylic acids is 2. The minimum absolute atomic E-state index is 0.0586. The smallest absolute Gasteiger partial charge is 0.248 e. The first-order valence-corrected chi connectivity index (χ1v) is 13.3. The second kappa shape index (κ2) is 11.1. The van der Waals surface area contributed by atoms with Gasteiger partial charge in [0.25, 0.3) is 0 Å². The number of ether oxygens (including phenoxy) is 2. The van der Waals surface area contributed by atoms with Crippen molar-refractivity contribution in [3.05, 3.63) is 76.2 Å². The van der Waals surface area contributed by atoms with E-state index in [1.165, 1.54) is 28.4 Å².